The van der Waals surface area contributed by atoms with Crippen LogP contribution in [0, 0.1) is 11.8 Å². The minimum absolute atomic E-state index is 0.0105. The highest BCUT2D eigenvalue weighted by molar-refractivity contribution is 5.98. The molecule has 9 atom stereocenters. The molecule has 2 fully saturated rings. The van der Waals surface area contributed by atoms with E-state index in [2.05, 4.69) is 31.9 Å². The zero-order chi connectivity index (χ0) is 50.0. The molecular formula is C47H74N8O12. The van der Waals surface area contributed by atoms with Gasteiger partial charge < -0.3 is 56.7 Å². The van der Waals surface area contributed by atoms with E-state index in [4.69, 9.17) is 4.74 Å². The largest absolute Gasteiger partial charge is 0.481 e. The predicted molar refractivity (Wildman–Crippen MR) is 246 cm³/mol. The Morgan fingerprint density at radius 3 is 2.16 bits per heavy atom. The van der Waals surface area contributed by atoms with Gasteiger partial charge in [0.05, 0.1) is 6.42 Å². The van der Waals surface area contributed by atoms with E-state index in [1.165, 1.54) is 18.9 Å². The first-order chi connectivity index (χ1) is 31.7. The number of aliphatic hydroxyl groups is 1. The molecule has 7 amide bonds. The summed E-state index contributed by atoms with van der Waals surface area (Å²) in [6.07, 6.45) is -0.778. The minimum atomic E-state index is -1.80. The van der Waals surface area contributed by atoms with Crippen LogP contribution in [0.25, 0.3) is 0 Å². The van der Waals surface area contributed by atoms with Gasteiger partial charge in [0.15, 0.2) is 0 Å². The van der Waals surface area contributed by atoms with Crippen LogP contribution >= 0.6 is 0 Å². The Kier molecular flexibility index (Phi) is 22.7. The maximum absolute atomic E-state index is 14.8. The lowest BCUT2D eigenvalue weighted by Gasteiger charge is -2.43. The summed E-state index contributed by atoms with van der Waals surface area (Å²) in [4.78, 5) is 128. The van der Waals surface area contributed by atoms with Crippen LogP contribution in [0.1, 0.15) is 118 Å². The molecule has 8 N–H and O–H groups in total. The van der Waals surface area contributed by atoms with Crippen molar-refractivity contribution >= 4 is 53.3 Å². The third kappa shape index (κ3) is 16.9. The van der Waals surface area contributed by atoms with Gasteiger partial charge in [-0.2, -0.15) is 0 Å². The van der Waals surface area contributed by atoms with E-state index in [-0.39, 0.29) is 44.4 Å². The van der Waals surface area contributed by atoms with Crippen molar-refractivity contribution in [3.05, 3.63) is 35.9 Å². The van der Waals surface area contributed by atoms with Gasteiger partial charge in [-0.25, -0.2) is 4.79 Å². The second-order valence-corrected chi connectivity index (χ2v) is 18.4. The molecule has 20 heteroatoms. The Morgan fingerprint density at radius 2 is 1.55 bits per heavy atom. The normalized spacial score (nSPS) is 25.2. The maximum atomic E-state index is 14.8. The number of fused-ring (bicyclic) bond motifs is 2. The SMILES string of the molecule is CCCCCC(=O)NC(CC(=O)O)C(=O)NC1C(=O)NC(CCCCNC)C(=O)NC2CCC(O)N(C2=O)C(CC(C)C)C(=O)N(C)C(Cc2ccccc2)C(=O)NC(C(C)C)C(=O)OC1C. The Hall–Kier alpha value is -5.63. The van der Waals surface area contributed by atoms with Crippen LogP contribution in [0.5, 0.6) is 0 Å². The standard InChI is InChI=1S/C47H74N8O12/c1-9-10-12-20-36(56)49-33(26-38(58)59)42(61)53-40-29(6)67-47(66)39(28(4)5)52-43(62)34(25-30-17-13-11-14-18-30)54(8)46(65)35(24-27(2)3)55-37(57)22-21-32(45(55)64)51-41(60)31(50-44(40)63)19-15-16-23-48-7/h11,13-14,17-18,27-29,31-35,37,39-40,48,57H,9-10,12,15-16,19-26H2,1-8H3,(H,49,56)(H,50,63)(H,51,60)(H,52,62)(H,53,61)(H,58,59). The number of unbranched alkanes of at least 4 members (excludes halogenated alkanes) is 3. The van der Waals surface area contributed by atoms with Crippen molar-refractivity contribution in [3.8, 4) is 0 Å². The zero-order valence-corrected chi connectivity index (χ0v) is 40.3. The first-order valence-corrected chi connectivity index (χ1v) is 23.6. The number of carbonyl (C=O) groups is 9. The van der Waals surface area contributed by atoms with Crippen molar-refractivity contribution < 1.29 is 58.1 Å². The molecule has 1 aromatic rings. The van der Waals surface area contributed by atoms with Gasteiger partial charge in [0.1, 0.15) is 54.6 Å². The number of rotatable bonds is 19. The summed E-state index contributed by atoms with van der Waals surface area (Å²) in [5.41, 5.74) is 0.665. The molecule has 20 nitrogen and oxygen atoms in total. The molecule has 3 rings (SSSR count). The molecule has 2 heterocycles. The molecule has 0 aliphatic carbocycles. The Labute approximate surface area is 393 Å². The number of carbonyl (C=O) groups excluding carboxylic acids is 8. The minimum Gasteiger partial charge on any atom is -0.481 e. The van der Waals surface area contributed by atoms with Gasteiger partial charge in [0.25, 0.3) is 0 Å². The topological polar surface area (TPSA) is 282 Å². The molecule has 2 aliphatic heterocycles. The summed E-state index contributed by atoms with van der Waals surface area (Å²) >= 11 is 0. The van der Waals surface area contributed by atoms with Crippen LogP contribution in [-0.4, -0.2) is 149 Å². The van der Waals surface area contributed by atoms with Crippen molar-refractivity contribution in [3.63, 3.8) is 0 Å². The molecule has 0 spiro atoms. The molecule has 0 radical (unpaired) electrons. The number of benzene rings is 1. The summed E-state index contributed by atoms with van der Waals surface area (Å²) in [6.45, 7) is 10.7. The number of carboxylic acid groups (broad SMARTS) is 1. The van der Waals surface area contributed by atoms with Crippen molar-refractivity contribution in [2.75, 3.05) is 20.6 Å². The molecule has 2 aliphatic rings. The molecular weight excluding hydrogens is 869 g/mol. The van der Waals surface area contributed by atoms with E-state index in [1.807, 2.05) is 20.8 Å². The summed E-state index contributed by atoms with van der Waals surface area (Å²) < 4.78 is 5.85. The van der Waals surface area contributed by atoms with Crippen LogP contribution in [0.4, 0.5) is 0 Å². The molecule has 0 saturated carbocycles. The van der Waals surface area contributed by atoms with Crippen LogP contribution in [0.2, 0.25) is 0 Å². The number of carboxylic acids is 1. The smallest absolute Gasteiger partial charge is 0.329 e. The highest BCUT2D eigenvalue weighted by Gasteiger charge is 2.46. The van der Waals surface area contributed by atoms with E-state index in [1.54, 1.807) is 51.2 Å². The average molecular weight is 943 g/mol. The van der Waals surface area contributed by atoms with E-state index in [0.29, 0.717) is 37.8 Å². The Balaban J connectivity index is 2.21. The number of aliphatic carboxylic acids is 1. The fourth-order valence-corrected chi connectivity index (χ4v) is 8.17. The summed E-state index contributed by atoms with van der Waals surface area (Å²) in [5, 5.41) is 37.1. The number of hydrogen-bond acceptors (Lipinski definition) is 12. The number of esters is 1. The fourth-order valence-electron chi connectivity index (χ4n) is 8.17. The lowest BCUT2D eigenvalue weighted by Crippen LogP contribution is -2.65. The van der Waals surface area contributed by atoms with E-state index in [9.17, 15) is 53.4 Å². The van der Waals surface area contributed by atoms with Crippen LogP contribution < -0.4 is 31.9 Å². The van der Waals surface area contributed by atoms with Gasteiger partial charge in [0.2, 0.25) is 41.4 Å². The summed E-state index contributed by atoms with van der Waals surface area (Å²) in [7, 11) is 3.15. The van der Waals surface area contributed by atoms with Crippen molar-refractivity contribution in [1.82, 2.24) is 41.7 Å². The van der Waals surface area contributed by atoms with Crippen LogP contribution in [0.15, 0.2) is 30.3 Å². The quantitative estimate of drug-likeness (QED) is 0.0708. The number of amides is 7. The second kappa shape index (κ2) is 27.2. The lowest BCUT2D eigenvalue weighted by molar-refractivity contribution is -0.166. The fraction of sp³-hybridized carbons (Fsp3) is 0.681. The highest BCUT2D eigenvalue weighted by Crippen LogP contribution is 2.26. The average Bonchev–Trinajstić information content (AvgIpc) is 3.26. The first-order valence-electron chi connectivity index (χ1n) is 23.6. The molecule has 67 heavy (non-hydrogen) atoms. The molecule has 1 aromatic carbocycles. The van der Waals surface area contributed by atoms with Crippen LogP contribution in [0.3, 0.4) is 0 Å². The van der Waals surface area contributed by atoms with Crippen molar-refractivity contribution in [2.24, 2.45) is 11.8 Å². The Morgan fingerprint density at radius 1 is 0.866 bits per heavy atom. The molecule has 2 bridgehead atoms. The number of ether oxygens (including phenoxy) is 1. The zero-order valence-electron chi connectivity index (χ0n) is 40.3. The third-order valence-electron chi connectivity index (χ3n) is 12.0. The Bertz CT molecular complexity index is 1870. The van der Waals surface area contributed by atoms with E-state index in [0.717, 1.165) is 11.3 Å². The van der Waals surface area contributed by atoms with Gasteiger partial charge in [0, 0.05) is 19.9 Å². The monoisotopic (exact) mass is 943 g/mol. The number of likely N-dealkylation sites (N-methyl/N-ethyl adjacent to an activating group) is 1. The summed E-state index contributed by atoms with van der Waals surface area (Å²) in [5.74, 6) is -8.93. The van der Waals surface area contributed by atoms with Crippen molar-refractivity contribution in [2.45, 2.75) is 173 Å². The molecule has 2 saturated heterocycles. The summed E-state index contributed by atoms with van der Waals surface area (Å²) in [6, 6.07) is -1.13. The van der Waals surface area contributed by atoms with Crippen LogP contribution in [-0.2, 0) is 54.3 Å². The molecule has 374 valence electrons. The third-order valence-corrected chi connectivity index (χ3v) is 12.0. The number of nitrogens with one attached hydrogen (secondary N) is 6. The van der Waals surface area contributed by atoms with Crippen molar-refractivity contribution in [1.29, 1.82) is 0 Å². The predicted octanol–water partition coefficient (Wildman–Crippen LogP) is 0.882. The number of aliphatic hydroxyl groups excluding tert-OH is 1. The van der Waals surface area contributed by atoms with Gasteiger partial charge >= 0.3 is 11.9 Å². The number of hydrogen-bond donors (Lipinski definition) is 8. The van der Waals surface area contributed by atoms with Gasteiger partial charge in [-0.1, -0.05) is 77.8 Å². The molecule has 9 unspecified atom stereocenters. The van der Waals surface area contributed by atoms with E-state index < -0.39 is 120 Å². The molecule has 0 aromatic heterocycles. The number of cyclic esters (lactones) is 1. The maximum Gasteiger partial charge on any atom is 0.329 e. The van der Waals surface area contributed by atoms with Gasteiger partial charge in [-0.15, -0.1) is 0 Å². The van der Waals surface area contributed by atoms with Gasteiger partial charge in [-0.05, 0) is 82.9 Å². The number of piperidine rings is 1. The lowest BCUT2D eigenvalue weighted by atomic mass is 9.94. The highest BCUT2D eigenvalue weighted by atomic mass is 16.5. The number of nitrogens with zero attached hydrogens (tertiary/aromatic N) is 2. The van der Waals surface area contributed by atoms with Gasteiger partial charge in [-0.3, -0.25) is 38.4 Å². The van der Waals surface area contributed by atoms with E-state index >= 15 is 0 Å². The first kappa shape index (κ1) is 55.7. The second-order valence-electron chi connectivity index (χ2n) is 18.4.